The number of thiophene rings is 1. The molecule has 1 amide bonds. The lowest BCUT2D eigenvalue weighted by Gasteiger charge is -2.06. The number of nitrogens with one attached hydrogen (secondary N) is 2. The Labute approximate surface area is 130 Å². The van der Waals surface area contributed by atoms with Crippen LogP contribution in [0.15, 0.2) is 47.2 Å². The molecule has 0 unspecified atom stereocenters. The predicted molar refractivity (Wildman–Crippen MR) is 89.5 cm³/mol. The number of hydrogen-bond acceptors (Lipinski definition) is 5. The van der Waals surface area contributed by atoms with Crippen LogP contribution in [-0.2, 0) is 4.79 Å². The third kappa shape index (κ3) is 3.48. The van der Waals surface area contributed by atoms with Gasteiger partial charge in [-0.1, -0.05) is 12.1 Å². The van der Waals surface area contributed by atoms with E-state index in [1.807, 2.05) is 41.1 Å². The van der Waals surface area contributed by atoms with Crippen molar-refractivity contribution >= 4 is 45.1 Å². The lowest BCUT2D eigenvalue weighted by Crippen LogP contribution is -2.05. The number of amides is 1. The maximum Gasteiger partial charge on any atom is 0.221 e. The van der Waals surface area contributed by atoms with Gasteiger partial charge in [0.2, 0.25) is 5.91 Å². The summed E-state index contributed by atoms with van der Waals surface area (Å²) in [7, 11) is 0. The minimum Gasteiger partial charge on any atom is -0.331 e. The molecular formula is C15H13N3OS2. The van der Waals surface area contributed by atoms with Crippen molar-refractivity contribution in [1.82, 2.24) is 4.98 Å². The second-order valence-electron chi connectivity index (χ2n) is 4.40. The summed E-state index contributed by atoms with van der Waals surface area (Å²) in [6.45, 7) is 1.49. The number of nitrogens with zero attached hydrogens (tertiary/aromatic N) is 1. The Bertz CT molecular complexity index is 750. The Morgan fingerprint density at radius 1 is 1.14 bits per heavy atom. The van der Waals surface area contributed by atoms with E-state index in [1.54, 1.807) is 22.7 Å². The topological polar surface area (TPSA) is 54.0 Å². The lowest BCUT2D eigenvalue weighted by molar-refractivity contribution is -0.114. The summed E-state index contributed by atoms with van der Waals surface area (Å²) in [6, 6.07) is 11.6. The number of anilines is 3. The molecule has 0 bridgehead atoms. The Kier molecular flexibility index (Phi) is 3.98. The fourth-order valence-electron chi connectivity index (χ4n) is 1.87. The summed E-state index contributed by atoms with van der Waals surface area (Å²) in [4.78, 5) is 16.8. The molecule has 21 heavy (non-hydrogen) atoms. The van der Waals surface area contributed by atoms with Crippen molar-refractivity contribution in [3.8, 4) is 10.6 Å². The van der Waals surface area contributed by atoms with Gasteiger partial charge in [0.25, 0.3) is 0 Å². The third-order valence-corrected chi connectivity index (χ3v) is 4.36. The average Bonchev–Trinajstić information content (AvgIpc) is 3.08. The molecule has 0 spiro atoms. The van der Waals surface area contributed by atoms with Crippen LogP contribution in [-0.4, -0.2) is 10.9 Å². The number of carbonyl (C=O) groups excluding carboxylic acids is 1. The summed E-state index contributed by atoms with van der Waals surface area (Å²) in [5.41, 5.74) is 2.64. The van der Waals surface area contributed by atoms with Crippen LogP contribution in [0.1, 0.15) is 6.92 Å². The lowest BCUT2D eigenvalue weighted by atomic mass is 10.3. The number of aromatic nitrogens is 1. The van der Waals surface area contributed by atoms with Crippen LogP contribution in [0.2, 0.25) is 0 Å². The van der Waals surface area contributed by atoms with Gasteiger partial charge >= 0.3 is 0 Å². The van der Waals surface area contributed by atoms with Crippen molar-refractivity contribution in [2.45, 2.75) is 6.92 Å². The zero-order valence-corrected chi connectivity index (χ0v) is 12.9. The first kappa shape index (κ1) is 13.8. The van der Waals surface area contributed by atoms with Crippen molar-refractivity contribution in [2.24, 2.45) is 0 Å². The molecule has 2 heterocycles. The molecule has 0 aliphatic carbocycles. The van der Waals surface area contributed by atoms with Crippen LogP contribution >= 0.6 is 22.7 Å². The van der Waals surface area contributed by atoms with Gasteiger partial charge in [-0.05, 0) is 29.6 Å². The first-order chi connectivity index (χ1) is 10.2. The number of thiazole rings is 1. The summed E-state index contributed by atoms with van der Waals surface area (Å²) in [6.07, 6.45) is 0. The highest BCUT2D eigenvalue weighted by molar-refractivity contribution is 7.16. The molecule has 0 aliphatic heterocycles. The van der Waals surface area contributed by atoms with Crippen molar-refractivity contribution < 1.29 is 4.79 Å². The maximum atomic E-state index is 11.1. The predicted octanol–water partition coefficient (Wildman–Crippen LogP) is 4.57. The van der Waals surface area contributed by atoms with Gasteiger partial charge in [-0.2, -0.15) is 0 Å². The second-order valence-corrected chi connectivity index (χ2v) is 6.21. The molecule has 2 N–H and O–H groups in total. The van der Waals surface area contributed by atoms with Crippen LogP contribution in [0.5, 0.6) is 0 Å². The van der Waals surface area contributed by atoms with Gasteiger partial charge in [0.05, 0.1) is 10.6 Å². The molecular weight excluding hydrogens is 302 g/mol. The highest BCUT2D eigenvalue weighted by Gasteiger charge is 2.06. The summed E-state index contributed by atoms with van der Waals surface area (Å²) in [5, 5.41) is 10.9. The molecule has 0 saturated carbocycles. The summed E-state index contributed by atoms with van der Waals surface area (Å²) in [5.74, 6) is -0.0821. The first-order valence-corrected chi connectivity index (χ1v) is 8.11. The number of carbonyl (C=O) groups is 1. The van der Waals surface area contributed by atoms with Gasteiger partial charge in [-0.3, -0.25) is 4.79 Å². The van der Waals surface area contributed by atoms with Gasteiger partial charge in [0.15, 0.2) is 5.13 Å². The molecule has 106 valence electrons. The van der Waals surface area contributed by atoms with Crippen LogP contribution in [0.3, 0.4) is 0 Å². The third-order valence-electron chi connectivity index (χ3n) is 2.71. The van der Waals surface area contributed by atoms with Crippen LogP contribution in [0.25, 0.3) is 10.6 Å². The van der Waals surface area contributed by atoms with Gasteiger partial charge < -0.3 is 10.6 Å². The van der Waals surface area contributed by atoms with E-state index < -0.39 is 0 Å². The van der Waals surface area contributed by atoms with Gasteiger partial charge in [-0.15, -0.1) is 22.7 Å². The highest BCUT2D eigenvalue weighted by atomic mass is 32.1. The molecule has 0 saturated heterocycles. The Balaban J connectivity index is 1.76. The van der Waals surface area contributed by atoms with E-state index in [2.05, 4.69) is 21.7 Å². The van der Waals surface area contributed by atoms with Crippen molar-refractivity contribution in [1.29, 1.82) is 0 Å². The van der Waals surface area contributed by atoms with Gasteiger partial charge in [0, 0.05) is 23.7 Å². The molecule has 3 rings (SSSR count). The Morgan fingerprint density at radius 3 is 2.76 bits per heavy atom. The zero-order chi connectivity index (χ0) is 14.7. The molecule has 4 nitrogen and oxygen atoms in total. The molecule has 0 aliphatic rings. The zero-order valence-electron chi connectivity index (χ0n) is 11.3. The van der Waals surface area contributed by atoms with Crippen LogP contribution < -0.4 is 10.6 Å². The average molecular weight is 315 g/mol. The van der Waals surface area contributed by atoms with E-state index in [0.29, 0.717) is 0 Å². The van der Waals surface area contributed by atoms with Crippen LogP contribution in [0, 0.1) is 0 Å². The molecule has 0 fully saturated rings. The molecule has 6 heteroatoms. The van der Waals surface area contributed by atoms with Gasteiger partial charge in [0.1, 0.15) is 0 Å². The normalized spacial score (nSPS) is 10.3. The standard InChI is InChI=1S/C15H13N3OS2/c1-10(19)16-11-4-2-5-12(8-11)17-15-18-13(9-21-15)14-6-3-7-20-14/h2-9H,1H3,(H,16,19)(H,17,18). The number of rotatable bonds is 4. The molecule has 1 aromatic carbocycles. The second kappa shape index (κ2) is 6.07. The Morgan fingerprint density at radius 2 is 2.00 bits per heavy atom. The van der Waals surface area contributed by atoms with Crippen LogP contribution in [0.4, 0.5) is 16.5 Å². The number of benzene rings is 1. The van der Waals surface area contributed by atoms with E-state index in [1.165, 1.54) is 6.92 Å². The van der Waals surface area contributed by atoms with E-state index in [4.69, 9.17) is 0 Å². The molecule has 2 aromatic heterocycles. The van der Waals surface area contributed by atoms with E-state index in [-0.39, 0.29) is 5.91 Å². The van der Waals surface area contributed by atoms with E-state index in [9.17, 15) is 4.79 Å². The molecule has 0 radical (unpaired) electrons. The quantitative estimate of drug-likeness (QED) is 0.741. The van der Waals surface area contributed by atoms with E-state index in [0.717, 1.165) is 27.1 Å². The molecule has 0 atom stereocenters. The SMILES string of the molecule is CC(=O)Nc1cccc(Nc2nc(-c3cccs3)cs2)c1. The van der Waals surface area contributed by atoms with E-state index >= 15 is 0 Å². The van der Waals surface area contributed by atoms with Crippen molar-refractivity contribution in [2.75, 3.05) is 10.6 Å². The fourth-order valence-corrected chi connectivity index (χ4v) is 3.36. The van der Waals surface area contributed by atoms with Crippen molar-refractivity contribution in [3.63, 3.8) is 0 Å². The smallest absolute Gasteiger partial charge is 0.221 e. The maximum absolute atomic E-state index is 11.1. The minimum atomic E-state index is -0.0821. The number of hydrogen-bond donors (Lipinski definition) is 2. The highest BCUT2D eigenvalue weighted by Crippen LogP contribution is 2.30. The largest absolute Gasteiger partial charge is 0.331 e. The minimum absolute atomic E-state index is 0.0821. The summed E-state index contributed by atoms with van der Waals surface area (Å²) >= 11 is 3.23. The first-order valence-electron chi connectivity index (χ1n) is 6.35. The molecule has 3 aromatic rings. The monoisotopic (exact) mass is 315 g/mol. The van der Waals surface area contributed by atoms with Gasteiger partial charge in [-0.25, -0.2) is 4.98 Å². The Hall–Kier alpha value is -2.18. The van der Waals surface area contributed by atoms with Crippen molar-refractivity contribution in [3.05, 3.63) is 47.2 Å². The summed E-state index contributed by atoms with van der Waals surface area (Å²) < 4.78 is 0. The fraction of sp³-hybridized carbons (Fsp3) is 0.0667.